The van der Waals surface area contributed by atoms with E-state index in [1.54, 1.807) is 30.3 Å². The van der Waals surface area contributed by atoms with E-state index in [4.69, 9.17) is 10.00 Å². The normalized spacial score (nSPS) is 12.5. The van der Waals surface area contributed by atoms with Gasteiger partial charge >= 0.3 is 0 Å². The molecular formula is C26H23N5O5. The molecular weight excluding hydrogens is 462 g/mol. The van der Waals surface area contributed by atoms with Crippen LogP contribution in [0.1, 0.15) is 28.8 Å². The van der Waals surface area contributed by atoms with E-state index in [9.17, 15) is 19.7 Å². The Bertz CT molecular complexity index is 1310. The lowest BCUT2D eigenvalue weighted by molar-refractivity contribution is -0.384. The molecule has 0 bridgehead atoms. The number of hydrogen-bond acceptors (Lipinski definition) is 7. The molecule has 182 valence electrons. The molecule has 0 saturated carbocycles. The monoisotopic (exact) mass is 485 g/mol. The molecule has 0 aromatic heterocycles. The topological polar surface area (TPSA) is 138 Å². The highest BCUT2D eigenvalue weighted by atomic mass is 16.6. The second-order valence-corrected chi connectivity index (χ2v) is 8.16. The summed E-state index contributed by atoms with van der Waals surface area (Å²) in [6, 6.07) is 20.6. The maximum absolute atomic E-state index is 12.4. The first-order chi connectivity index (χ1) is 17.4. The highest BCUT2D eigenvalue weighted by Crippen LogP contribution is 2.31. The van der Waals surface area contributed by atoms with Gasteiger partial charge in [0.1, 0.15) is 11.4 Å². The van der Waals surface area contributed by atoms with Gasteiger partial charge in [0.2, 0.25) is 0 Å². The third kappa shape index (κ3) is 5.77. The van der Waals surface area contributed by atoms with Crippen molar-refractivity contribution >= 4 is 23.2 Å². The Labute approximate surface area is 207 Å². The molecule has 4 rings (SSSR count). The van der Waals surface area contributed by atoms with Gasteiger partial charge in [-0.1, -0.05) is 24.3 Å². The van der Waals surface area contributed by atoms with Crippen molar-refractivity contribution in [1.29, 1.82) is 5.26 Å². The summed E-state index contributed by atoms with van der Waals surface area (Å²) in [5.41, 5.74) is 7.34. The van der Waals surface area contributed by atoms with Crippen LogP contribution in [0, 0.1) is 21.4 Å². The Balaban J connectivity index is 1.29. The van der Waals surface area contributed by atoms with E-state index in [1.165, 1.54) is 12.1 Å². The van der Waals surface area contributed by atoms with Crippen LogP contribution in [-0.2, 0) is 4.79 Å². The van der Waals surface area contributed by atoms with Gasteiger partial charge in [-0.25, -0.2) is 0 Å². The number of nitriles is 1. The average molecular weight is 486 g/mol. The average Bonchev–Trinajstić information content (AvgIpc) is 3.45. The minimum atomic E-state index is -0.675. The fourth-order valence-electron chi connectivity index (χ4n) is 3.90. The SMILES string of the molecule is N#Cc1ccc(-c2ccc(OCC(=O)NNC(=O)c3ccc(N4CCCC4)c([N+](=O)[O-])c3)cc2)cc1. The van der Waals surface area contributed by atoms with Gasteiger partial charge < -0.3 is 9.64 Å². The second-order valence-electron chi connectivity index (χ2n) is 8.16. The number of hydrazine groups is 1. The summed E-state index contributed by atoms with van der Waals surface area (Å²) < 4.78 is 5.46. The lowest BCUT2D eigenvalue weighted by Gasteiger charge is -2.17. The zero-order valence-corrected chi connectivity index (χ0v) is 19.3. The summed E-state index contributed by atoms with van der Waals surface area (Å²) in [6.07, 6.45) is 1.93. The molecule has 1 saturated heterocycles. The van der Waals surface area contributed by atoms with Crippen LogP contribution in [0.5, 0.6) is 5.75 Å². The number of carbonyl (C=O) groups is 2. The quantitative estimate of drug-likeness (QED) is 0.385. The van der Waals surface area contributed by atoms with Gasteiger partial charge in [-0.3, -0.25) is 30.6 Å². The first-order valence-electron chi connectivity index (χ1n) is 11.3. The molecule has 2 amide bonds. The third-order valence-electron chi connectivity index (χ3n) is 5.77. The van der Waals surface area contributed by atoms with Crippen molar-refractivity contribution in [1.82, 2.24) is 10.9 Å². The number of carbonyl (C=O) groups excluding carboxylic acids is 2. The molecule has 36 heavy (non-hydrogen) atoms. The van der Waals surface area contributed by atoms with Crippen LogP contribution in [-0.4, -0.2) is 36.4 Å². The fraction of sp³-hybridized carbons (Fsp3) is 0.192. The Morgan fingerprint density at radius 3 is 2.22 bits per heavy atom. The van der Waals surface area contributed by atoms with Crippen LogP contribution >= 0.6 is 0 Å². The Hall–Kier alpha value is -4.91. The minimum Gasteiger partial charge on any atom is -0.484 e. The molecule has 2 N–H and O–H groups in total. The predicted octanol–water partition coefficient (Wildman–Crippen LogP) is 3.57. The number of hydrogen-bond donors (Lipinski definition) is 2. The van der Waals surface area contributed by atoms with Gasteiger partial charge in [0.05, 0.1) is 16.6 Å². The summed E-state index contributed by atoms with van der Waals surface area (Å²) >= 11 is 0. The number of nitrogens with zero attached hydrogens (tertiary/aromatic N) is 3. The number of amides is 2. The van der Waals surface area contributed by atoms with Crippen LogP contribution in [0.15, 0.2) is 66.7 Å². The van der Waals surface area contributed by atoms with Gasteiger partial charge in [0.25, 0.3) is 17.5 Å². The smallest absolute Gasteiger partial charge is 0.293 e. The molecule has 10 heteroatoms. The first-order valence-corrected chi connectivity index (χ1v) is 11.3. The molecule has 1 aliphatic rings. The lowest BCUT2D eigenvalue weighted by atomic mass is 10.0. The zero-order valence-electron chi connectivity index (χ0n) is 19.3. The van der Waals surface area contributed by atoms with Crippen LogP contribution in [0.2, 0.25) is 0 Å². The Kier molecular flexibility index (Phi) is 7.41. The fourth-order valence-corrected chi connectivity index (χ4v) is 3.90. The van der Waals surface area contributed by atoms with Gasteiger partial charge in [0, 0.05) is 24.7 Å². The van der Waals surface area contributed by atoms with Crippen LogP contribution in [0.3, 0.4) is 0 Å². The summed E-state index contributed by atoms with van der Waals surface area (Å²) in [7, 11) is 0. The first kappa shape index (κ1) is 24.2. The number of nitrogens with one attached hydrogen (secondary N) is 2. The van der Waals surface area contributed by atoms with Crippen LogP contribution < -0.4 is 20.5 Å². The summed E-state index contributed by atoms with van der Waals surface area (Å²) in [4.78, 5) is 37.5. The van der Waals surface area contributed by atoms with Crippen molar-refractivity contribution < 1.29 is 19.2 Å². The highest BCUT2D eigenvalue weighted by Gasteiger charge is 2.24. The molecule has 3 aromatic rings. The Morgan fingerprint density at radius 2 is 1.61 bits per heavy atom. The number of rotatable bonds is 7. The highest BCUT2D eigenvalue weighted by molar-refractivity contribution is 5.97. The molecule has 3 aromatic carbocycles. The maximum atomic E-state index is 12.4. The van der Waals surface area contributed by atoms with Gasteiger partial charge in [-0.2, -0.15) is 5.26 Å². The second kappa shape index (κ2) is 11.0. The van der Waals surface area contributed by atoms with Crippen molar-refractivity contribution in [3.63, 3.8) is 0 Å². The van der Waals surface area contributed by atoms with Crippen molar-refractivity contribution in [3.05, 3.63) is 88.0 Å². The van der Waals surface area contributed by atoms with Gasteiger partial charge in [-0.05, 0) is 60.4 Å². The number of nitro benzene ring substituents is 1. The third-order valence-corrected chi connectivity index (χ3v) is 5.77. The van der Waals surface area contributed by atoms with Crippen LogP contribution in [0.25, 0.3) is 11.1 Å². The lowest BCUT2D eigenvalue weighted by Crippen LogP contribution is -2.43. The van der Waals surface area contributed by atoms with Crippen LogP contribution in [0.4, 0.5) is 11.4 Å². The molecule has 0 atom stereocenters. The van der Waals surface area contributed by atoms with Gasteiger partial charge in [0.15, 0.2) is 6.61 Å². The number of benzene rings is 3. The largest absolute Gasteiger partial charge is 0.484 e. The molecule has 0 spiro atoms. The molecule has 1 heterocycles. The van der Waals surface area contributed by atoms with E-state index in [0.717, 1.165) is 37.1 Å². The zero-order chi connectivity index (χ0) is 25.5. The van der Waals surface area contributed by atoms with E-state index >= 15 is 0 Å². The molecule has 1 aliphatic heterocycles. The predicted molar refractivity (Wildman–Crippen MR) is 132 cm³/mol. The molecule has 0 aliphatic carbocycles. The summed E-state index contributed by atoms with van der Waals surface area (Å²) in [5, 5.41) is 20.4. The van der Waals surface area contributed by atoms with Crippen molar-refractivity contribution in [2.24, 2.45) is 0 Å². The van der Waals surface area contributed by atoms with E-state index in [-0.39, 0.29) is 17.9 Å². The van der Waals surface area contributed by atoms with Gasteiger partial charge in [-0.15, -0.1) is 0 Å². The summed E-state index contributed by atoms with van der Waals surface area (Å²) in [6.45, 7) is 1.13. The van der Waals surface area contributed by atoms with Crippen molar-refractivity contribution in [2.75, 3.05) is 24.6 Å². The number of nitro groups is 1. The van der Waals surface area contributed by atoms with E-state index in [0.29, 0.717) is 17.0 Å². The van der Waals surface area contributed by atoms with E-state index in [2.05, 4.69) is 16.9 Å². The number of ether oxygens (including phenoxy) is 1. The maximum Gasteiger partial charge on any atom is 0.293 e. The molecule has 0 radical (unpaired) electrons. The van der Waals surface area contributed by atoms with E-state index < -0.39 is 16.7 Å². The van der Waals surface area contributed by atoms with Crippen molar-refractivity contribution in [3.8, 4) is 22.9 Å². The van der Waals surface area contributed by atoms with Crippen molar-refractivity contribution in [2.45, 2.75) is 12.8 Å². The molecule has 0 unspecified atom stereocenters. The number of anilines is 1. The molecule has 1 fully saturated rings. The Morgan fingerprint density at radius 1 is 0.972 bits per heavy atom. The van der Waals surface area contributed by atoms with E-state index in [1.807, 2.05) is 29.2 Å². The summed E-state index contributed by atoms with van der Waals surface area (Å²) in [5.74, 6) is -0.809. The molecule has 10 nitrogen and oxygen atoms in total. The minimum absolute atomic E-state index is 0.0595. The standard InChI is InChI=1S/C26H23N5O5/c27-16-18-3-5-19(6-4-18)20-7-10-22(11-8-20)36-17-25(32)28-29-26(33)21-9-12-23(24(15-21)31(34)35)30-13-1-2-14-30/h3-12,15H,1-2,13-14,17H2,(H,28,32)(H,29,33).